The van der Waals surface area contributed by atoms with Crippen molar-refractivity contribution in [1.29, 1.82) is 0 Å². The lowest BCUT2D eigenvalue weighted by atomic mass is 10.1. The predicted octanol–water partition coefficient (Wildman–Crippen LogP) is 1.22. The first-order valence-corrected chi connectivity index (χ1v) is 5.67. The zero-order valence-corrected chi connectivity index (χ0v) is 11.3. The number of carbonyl (C=O) groups excluding carboxylic acids is 1. The van der Waals surface area contributed by atoms with Crippen molar-refractivity contribution in [2.24, 2.45) is 0 Å². The Bertz CT molecular complexity index is 473. The van der Waals surface area contributed by atoms with Gasteiger partial charge in [-0.15, -0.1) is 0 Å². The van der Waals surface area contributed by atoms with E-state index in [9.17, 15) is 9.59 Å². The molecule has 0 bridgehead atoms. The fraction of sp³-hybridized carbons (Fsp3) is 0.385. The van der Waals surface area contributed by atoms with E-state index in [1.54, 1.807) is 19.1 Å². The number of aliphatic carboxylic acids is 1. The van der Waals surface area contributed by atoms with Crippen molar-refractivity contribution in [3.05, 3.63) is 23.3 Å². The van der Waals surface area contributed by atoms with E-state index in [0.29, 0.717) is 11.5 Å². The zero-order valence-electron chi connectivity index (χ0n) is 11.3. The number of methoxy groups -OCH3 is 2. The van der Waals surface area contributed by atoms with Gasteiger partial charge in [-0.3, -0.25) is 9.59 Å². The lowest BCUT2D eigenvalue weighted by Crippen LogP contribution is -2.38. The molecule has 1 aromatic rings. The number of benzene rings is 1. The summed E-state index contributed by atoms with van der Waals surface area (Å²) in [5, 5.41) is 11.1. The van der Waals surface area contributed by atoms with Crippen LogP contribution in [0, 0.1) is 6.92 Å². The summed E-state index contributed by atoms with van der Waals surface area (Å²) in [5.74, 6) is -0.578. The van der Waals surface area contributed by atoms with Crippen molar-refractivity contribution in [3.8, 4) is 11.5 Å². The van der Waals surface area contributed by atoms with Gasteiger partial charge in [0.2, 0.25) is 0 Å². The summed E-state index contributed by atoms with van der Waals surface area (Å²) in [5.41, 5.74) is 1.06. The molecule has 2 N–H and O–H groups in total. The number of carboxylic acids is 1. The van der Waals surface area contributed by atoms with E-state index >= 15 is 0 Å². The van der Waals surface area contributed by atoms with Crippen LogP contribution in [0.25, 0.3) is 0 Å². The highest BCUT2D eigenvalue weighted by molar-refractivity contribution is 5.97. The molecule has 0 heterocycles. The highest BCUT2D eigenvalue weighted by Gasteiger charge is 2.18. The quantitative estimate of drug-likeness (QED) is 0.837. The summed E-state index contributed by atoms with van der Waals surface area (Å²) in [4.78, 5) is 22.6. The first kappa shape index (κ1) is 14.8. The molecule has 1 aromatic carbocycles. The zero-order chi connectivity index (χ0) is 14.6. The first-order valence-electron chi connectivity index (χ1n) is 5.67. The van der Waals surface area contributed by atoms with Crippen molar-refractivity contribution in [1.82, 2.24) is 5.32 Å². The molecule has 19 heavy (non-hydrogen) atoms. The van der Waals surface area contributed by atoms with Crippen LogP contribution in [-0.4, -0.2) is 37.2 Å². The van der Waals surface area contributed by atoms with Gasteiger partial charge in [0, 0.05) is 11.1 Å². The Labute approximate surface area is 111 Å². The Morgan fingerprint density at radius 2 is 1.68 bits per heavy atom. The Kier molecular flexibility index (Phi) is 4.74. The molecule has 0 saturated carbocycles. The Morgan fingerprint density at radius 3 is 2.05 bits per heavy atom. The summed E-state index contributed by atoms with van der Waals surface area (Å²) in [6, 6.07) is 2.12. The lowest BCUT2D eigenvalue weighted by Gasteiger charge is -2.14. The van der Waals surface area contributed by atoms with Crippen LogP contribution in [-0.2, 0) is 4.79 Å². The van der Waals surface area contributed by atoms with Crippen molar-refractivity contribution >= 4 is 11.9 Å². The van der Waals surface area contributed by atoms with E-state index in [0.717, 1.165) is 5.56 Å². The second-order valence-electron chi connectivity index (χ2n) is 4.04. The molecule has 0 aromatic heterocycles. The molecule has 0 radical (unpaired) electrons. The van der Waals surface area contributed by atoms with Crippen molar-refractivity contribution in [3.63, 3.8) is 0 Å². The summed E-state index contributed by atoms with van der Waals surface area (Å²) in [6.07, 6.45) is 0. The predicted molar refractivity (Wildman–Crippen MR) is 68.8 cm³/mol. The standard InChI is InChI=1S/C13H17NO5/c1-7-10(18-3)5-9(6-11(7)19-4)12(15)14-8(2)13(16)17/h5-6,8H,1-4H3,(H,14,15)(H,16,17)/t8-/m1/s1. The van der Waals surface area contributed by atoms with Gasteiger partial charge in [-0.1, -0.05) is 0 Å². The number of carboxylic acid groups (broad SMARTS) is 1. The van der Waals surface area contributed by atoms with Crippen LogP contribution in [0.5, 0.6) is 11.5 Å². The summed E-state index contributed by atoms with van der Waals surface area (Å²) < 4.78 is 10.3. The van der Waals surface area contributed by atoms with Crippen LogP contribution in [0.2, 0.25) is 0 Å². The van der Waals surface area contributed by atoms with Gasteiger partial charge in [0.15, 0.2) is 0 Å². The average Bonchev–Trinajstić information content (AvgIpc) is 2.38. The van der Waals surface area contributed by atoms with Crippen LogP contribution in [0.4, 0.5) is 0 Å². The molecule has 6 nitrogen and oxygen atoms in total. The van der Waals surface area contributed by atoms with Gasteiger partial charge in [-0.25, -0.2) is 0 Å². The van der Waals surface area contributed by atoms with Crippen LogP contribution in [0.1, 0.15) is 22.8 Å². The van der Waals surface area contributed by atoms with E-state index in [4.69, 9.17) is 14.6 Å². The lowest BCUT2D eigenvalue weighted by molar-refractivity contribution is -0.138. The molecule has 6 heteroatoms. The van der Waals surface area contributed by atoms with Gasteiger partial charge in [0.1, 0.15) is 17.5 Å². The maximum atomic E-state index is 11.9. The minimum atomic E-state index is -1.10. The van der Waals surface area contributed by atoms with Gasteiger partial charge in [0.25, 0.3) is 5.91 Å². The Morgan fingerprint density at radius 1 is 1.21 bits per heavy atom. The molecule has 0 aliphatic carbocycles. The number of nitrogens with one attached hydrogen (secondary N) is 1. The third-order valence-electron chi connectivity index (χ3n) is 2.73. The number of amides is 1. The molecule has 104 valence electrons. The second kappa shape index (κ2) is 6.08. The van der Waals surface area contributed by atoms with Gasteiger partial charge < -0.3 is 19.9 Å². The molecular weight excluding hydrogens is 250 g/mol. The summed E-state index contributed by atoms with van der Waals surface area (Å²) in [6.45, 7) is 3.20. The summed E-state index contributed by atoms with van der Waals surface area (Å²) in [7, 11) is 2.98. The van der Waals surface area contributed by atoms with Crippen LogP contribution >= 0.6 is 0 Å². The van der Waals surface area contributed by atoms with Crippen molar-refractivity contribution < 1.29 is 24.2 Å². The fourth-order valence-corrected chi connectivity index (χ4v) is 1.56. The SMILES string of the molecule is COc1cc(C(=O)N[C@H](C)C(=O)O)cc(OC)c1C. The van der Waals surface area contributed by atoms with Gasteiger partial charge >= 0.3 is 5.97 Å². The molecule has 0 unspecified atom stereocenters. The minimum Gasteiger partial charge on any atom is -0.496 e. The molecule has 0 saturated heterocycles. The monoisotopic (exact) mass is 267 g/mol. The normalized spacial score (nSPS) is 11.6. The number of ether oxygens (including phenoxy) is 2. The van der Waals surface area contributed by atoms with E-state index < -0.39 is 17.9 Å². The van der Waals surface area contributed by atoms with Gasteiger partial charge in [0.05, 0.1) is 14.2 Å². The fourth-order valence-electron chi connectivity index (χ4n) is 1.56. The van der Waals surface area contributed by atoms with E-state index in [1.807, 2.05) is 0 Å². The van der Waals surface area contributed by atoms with Crippen molar-refractivity contribution in [2.75, 3.05) is 14.2 Å². The molecular formula is C13H17NO5. The molecule has 0 fully saturated rings. The Hall–Kier alpha value is -2.24. The maximum absolute atomic E-state index is 11.9. The second-order valence-corrected chi connectivity index (χ2v) is 4.04. The molecule has 1 rings (SSSR count). The number of rotatable bonds is 5. The largest absolute Gasteiger partial charge is 0.496 e. The van der Waals surface area contributed by atoms with Gasteiger partial charge in [-0.2, -0.15) is 0 Å². The highest BCUT2D eigenvalue weighted by Crippen LogP contribution is 2.29. The molecule has 1 atom stereocenters. The van der Waals surface area contributed by atoms with E-state index in [-0.39, 0.29) is 5.56 Å². The van der Waals surface area contributed by atoms with Crippen LogP contribution in [0.15, 0.2) is 12.1 Å². The average molecular weight is 267 g/mol. The van der Waals surface area contributed by atoms with E-state index in [1.165, 1.54) is 21.1 Å². The van der Waals surface area contributed by atoms with Crippen LogP contribution < -0.4 is 14.8 Å². The third-order valence-corrected chi connectivity index (χ3v) is 2.73. The minimum absolute atomic E-state index is 0.285. The molecule has 0 aliphatic heterocycles. The number of carbonyl (C=O) groups is 2. The Balaban J connectivity index is 3.06. The topological polar surface area (TPSA) is 84.9 Å². The van der Waals surface area contributed by atoms with Crippen molar-refractivity contribution in [2.45, 2.75) is 19.9 Å². The highest BCUT2D eigenvalue weighted by atomic mass is 16.5. The maximum Gasteiger partial charge on any atom is 0.325 e. The third kappa shape index (κ3) is 3.37. The summed E-state index contributed by atoms with van der Waals surface area (Å²) >= 11 is 0. The van der Waals surface area contributed by atoms with E-state index in [2.05, 4.69) is 5.32 Å². The number of hydrogen-bond acceptors (Lipinski definition) is 4. The van der Waals surface area contributed by atoms with Gasteiger partial charge in [-0.05, 0) is 26.0 Å². The molecule has 0 aliphatic rings. The number of hydrogen-bond donors (Lipinski definition) is 2. The molecule has 1 amide bonds. The first-order chi connectivity index (χ1) is 8.90. The smallest absolute Gasteiger partial charge is 0.325 e. The van der Waals surface area contributed by atoms with Crippen LogP contribution in [0.3, 0.4) is 0 Å². The molecule has 0 spiro atoms.